The van der Waals surface area contributed by atoms with Crippen LogP contribution in [-0.2, 0) is 20.7 Å². The Morgan fingerprint density at radius 1 is 1.10 bits per heavy atom. The summed E-state index contributed by atoms with van der Waals surface area (Å²) in [4.78, 5) is 34.9. The molecule has 0 saturated carbocycles. The summed E-state index contributed by atoms with van der Waals surface area (Å²) in [6, 6.07) is 7.80. The first-order valence-electron chi connectivity index (χ1n) is 9.53. The summed E-state index contributed by atoms with van der Waals surface area (Å²) in [7, 11) is 0. The van der Waals surface area contributed by atoms with Crippen LogP contribution in [-0.4, -0.2) is 36.6 Å². The highest BCUT2D eigenvalue weighted by Crippen LogP contribution is 2.34. The minimum Gasteiger partial charge on any atom is -0.490 e. The van der Waals surface area contributed by atoms with Crippen molar-refractivity contribution in [3.05, 3.63) is 56.0 Å². The lowest BCUT2D eigenvalue weighted by molar-refractivity contribution is -0.384. The lowest BCUT2D eigenvalue weighted by Crippen LogP contribution is -2.22. The zero-order chi connectivity index (χ0) is 23.0. The number of nitro benzene ring substituents is 1. The summed E-state index contributed by atoms with van der Waals surface area (Å²) < 4.78 is 16.7. The summed E-state index contributed by atoms with van der Waals surface area (Å²) in [5.41, 5.74) is 1.09. The number of nitrogens with one attached hydrogen (secondary N) is 1. The molecule has 0 aromatic heterocycles. The molecule has 2 rings (SSSR count). The number of aryl methyl sites for hydroxylation is 1. The summed E-state index contributed by atoms with van der Waals surface area (Å²) >= 11 is 3.40. The topological polar surface area (TPSA) is 117 Å². The van der Waals surface area contributed by atoms with E-state index in [1.165, 1.54) is 12.1 Å². The quantitative estimate of drug-likeness (QED) is 0.299. The van der Waals surface area contributed by atoms with Gasteiger partial charge in [-0.2, -0.15) is 0 Å². The fourth-order valence-corrected chi connectivity index (χ4v) is 3.15. The molecule has 9 nitrogen and oxygen atoms in total. The summed E-state index contributed by atoms with van der Waals surface area (Å²) in [6.07, 6.45) is -0.106. The number of amides is 1. The zero-order valence-corrected chi connectivity index (χ0v) is 19.0. The number of hydrogen-bond acceptors (Lipinski definition) is 7. The lowest BCUT2D eigenvalue weighted by Gasteiger charge is -2.14. The number of ether oxygens (including phenoxy) is 3. The van der Waals surface area contributed by atoms with E-state index in [0.717, 1.165) is 0 Å². The average molecular weight is 495 g/mol. The third-order valence-electron chi connectivity index (χ3n) is 4.04. The Morgan fingerprint density at radius 2 is 1.74 bits per heavy atom. The van der Waals surface area contributed by atoms with Crippen LogP contribution in [0.3, 0.4) is 0 Å². The Labute approximate surface area is 188 Å². The number of esters is 1. The Bertz CT molecular complexity index is 978. The van der Waals surface area contributed by atoms with Crippen molar-refractivity contribution in [3.63, 3.8) is 0 Å². The summed E-state index contributed by atoms with van der Waals surface area (Å²) in [5, 5.41) is 13.5. The van der Waals surface area contributed by atoms with Gasteiger partial charge in [0.1, 0.15) is 5.69 Å². The van der Waals surface area contributed by atoms with Gasteiger partial charge in [-0.3, -0.25) is 19.7 Å². The molecule has 0 saturated heterocycles. The van der Waals surface area contributed by atoms with E-state index in [-0.39, 0.29) is 17.8 Å². The van der Waals surface area contributed by atoms with Gasteiger partial charge in [0.25, 0.3) is 11.6 Å². The van der Waals surface area contributed by atoms with Gasteiger partial charge in [-0.25, -0.2) is 0 Å². The van der Waals surface area contributed by atoms with E-state index in [0.29, 0.717) is 40.3 Å². The number of carbonyl (C=O) groups excluding carboxylic acids is 2. The fraction of sp³-hybridized carbons (Fsp3) is 0.333. The maximum atomic E-state index is 12.2. The molecule has 166 valence electrons. The van der Waals surface area contributed by atoms with Crippen molar-refractivity contribution in [1.29, 1.82) is 0 Å². The standard InChI is InChI=1S/C21H23BrN2O7/c1-4-29-18-9-14(15(22)11-19(18)30-5-2)10-21(26)31-12-20(25)23-16-7-6-13(3)8-17(16)24(27)28/h6-9,11H,4-5,10,12H2,1-3H3,(H,23,25). The molecule has 10 heteroatoms. The normalized spacial score (nSPS) is 10.3. The maximum absolute atomic E-state index is 12.2. The third kappa shape index (κ3) is 6.95. The Morgan fingerprint density at radius 3 is 2.35 bits per heavy atom. The number of anilines is 1. The van der Waals surface area contributed by atoms with Gasteiger partial charge in [0.2, 0.25) is 0 Å². The van der Waals surface area contributed by atoms with Crippen molar-refractivity contribution in [2.75, 3.05) is 25.1 Å². The molecule has 1 amide bonds. The van der Waals surface area contributed by atoms with Crippen LogP contribution in [0.5, 0.6) is 11.5 Å². The summed E-state index contributed by atoms with van der Waals surface area (Å²) in [5.74, 6) is -0.269. The van der Waals surface area contributed by atoms with Gasteiger partial charge >= 0.3 is 5.97 Å². The van der Waals surface area contributed by atoms with Gasteiger partial charge in [-0.05, 0) is 50.1 Å². The van der Waals surface area contributed by atoms with Crippen LogP contribution < -0.4 is 14.8 Å². The monoisotopic (exact) mass is 494 g/mol. The highest BCUT2D eigenvalue weighted by molar-refractivity contribution is 9.10. The fourth-order valence-electron chi connectivity index (χ4n) is 2.69. The number of nitrogens with zero attached hydrogens (tertiary/aromatic N) is 1. The van der Waals surface area contributed by atoms with Crippen molar-refractivity contribution in [2.45, 2.75) is 27.2 Å². The number of halogens is 1. The van der Waals surface area contributed by atoms with Crippen molar-refractivity contribution in [1.82, 2.24) is 0 Å². The molecular formula is C21H23BrN2O7. The van der Waals surface area contributed by atoms with Crippen LogP contribution >= 0.6 is 15.9 Å². The average Bonchev–Trinajstić information content (AvgIpc) is 2.71. The van der Waals surface area contributed by atoms with Crippen molar-refractivity contribution in [2.24, 2.45) is 0 Å². The lowest BCUT2D eigenvalue weighted by atomic mass is 10.1. The summed E-state index contributed by atoms with van der Waals surface area (Å²) in [6.45, 7) is 5.71. The number of carbonyl (C=O) groups is 2. The molecule has 1 N–H and O–H groups in total. The van der Waals surface area contributed by atoms with Gasteiger partial charge in [-0.1, -0.05) is 22.0 Å². The van der Waals surface area contributed by atoms with E-state index >= 15 is 0 Å². The van der Waals surface area contributed by atoms with Gasteiger partial charge in [0.05, 0.1) is 24.6 Å². The van der Waals surface area contributed by atoms with Crippen LogP contribution in [0.25, 0.3) is 0 Å². The van der Waals surface area contributed by atoms with Gasteiger partial charge in [0.15, 0.2) is 18.1 Å². The first-order valence-corrected chi connectivity index (χ1v) is 10.3. The Hall–Kier alpha value is -3.14. The molecule has 0 aliphatic carbocycles. The van der Waals surface area contributed by atoms with Gasteiger partial charge in [-0.15, -0.1) is 0 Å². The van der Waals surface area contributed by atoms with E-state index in [2.05, 4.69) is 21.2 Å². The highest BCUT2D eigenvalue weighted by atomic mass is 79.9. The van der Waals surface area contributed by atoms with Crippen LogP contribution in [0.1, 0.15) is 25.0 Å². The second-order valence-electron chi connectivity index (χ2n) is 6.42. The van der Waals surface area contributed by atoms with Crippen LogP contribution in [0.4, 0.5) is 11.4 Å². The molecule has 0 spiro atoms. The van der Waals surface area contributed by atoms with Crippen LogP contribution in [0, 0.1) is 17.0 Å². The minimum absolute atomic E-state index is 0.0345. The van der Waals surface area contributed by atoms with E-state index < -0.39 is 23.4 Å². The van der Waals surface area contributed by atoms with Crippen molar-refractivity contribution < 1.29 is 28.7 Å². The number of benzene rings is 2. The largest absolute Gasteiger partial charge is 0.490 e. The Balaban J connectivity index is 2.00. The molecule has 0 aliphatic heterocycles. The van der Waals surface area contributed by atoms with Crippen molar-refractivity contribution in [3.8, 4) is 11.5 Å². The van der Waals surface area contributed by atoms with Crippen LogP contribution in [0.15, 0.2) is 34.8 Å². The SMILES string of the molecule is CCOc1cc(Br)c(CC(=O)OCC(=O)Nc2ccc(C)cc2[N+](=O)[O-])cc1OCC. The number of rotatable bonds is 10. The van der Waals surface area contributed by atoms with Gasteiger partial charge in [0, 0.05) is 10.5 Å². The minimum atomic E-state index is -0.680. The smallest absolute Gasteiger partial charge is 0.310 e. The predicted octanol–water partition coefficient (Wildman–Crippen LogP) is 4.19. The van der Waals surface area contributed by atoms with Crippen LogP contribution in [0.2, 0.25) is 0 Å². The molecule has 0 heterocycles. The molecule has 31 heavy (non-hydrogen) atoms. The number of hydrogen-bond donors (Lipinski definition) is 1. The molecule has 0 radical (unpaired) electrons. The third-order valence-corrected chi connectivity index (χ3v) is 4.77. The molecular weight excluding hydrogens is 472 g/mol. The first-order chi connectivity index (χ1) is 14.7. The second-order valence-corrected chi connectivity index (χ2v) is 7.27. The molecule has 2 aromatic rings. The molecule has 0 fully saturated rings. The van der Waals surface area contributed by atoms with E-state index in [9.17, 15) is 19.7 Å². The van der Waals surface area contributed by atoms with Gasteiger partial charge < -0.3 is 19.5 Å². The van der Waals surface area contributed by atoms with E-state index in [4.69, 9.17) is 14.2 Å². The van der Waals surface area contributed by atoms with E-state index in [1.54, 1.807) is 25.1 Å². The first kappa shape index (κ1) is 24.1. The molecule has 0 unspecified atom stereocenters. The molecule has 0 aliphatic rings. The maximum Gasteiger partial charge on any atom is 0.310 e. The predicted molar refractivity (Wildman–Crippen MR) is 118 cm³/mol. The Kier molecular flexibility index (Phi) is 8.80. The van der Waals surface area contributed by atoms with Crippen molar-refractivity contribution >= 4 is 39.2 Å². The number of nitro groups is 1. The molecule has 0 atom stereocenters. The molecule has 2 aromatic carbocycles. The molecule has 0 bridgehead atoms. The zero-order valence-electron chi connectivity index (χ0n) is 17.4. The second kappa shape index (κ2) is 11.3. The van der Waals surface area contributed by atoms with E-state index in [1.807, 2.05) is 13.8 Å². The highest BCUT2D eigenvalue weighted by Gasteiger charge is 2.18.